The van der Waals surface area contributed by atoms with E-state index in [0.29, 0.717) is 12.1 Å². The Bertz CT molecular complexity index is 623. The fourth-order valence-corrected chi connectivity index (χ4v) is 2.60. The van der Waals surface area contributed by atoms with Crippen molar-refractivity contribution in [1.29, 1.82) is 0 Å². The summed E-state index contributed by atoms with van der Waals surface area (Å²) >= 11 is 0. The molecule has 3 heteroatoms. The van der Waals surface area contributed by atoms with Crippen molar-refractivity contribution in [2.75, 3.05) is 6.54 Å². The van der Waals surface area contributed by atoms with Crippen LogP contribution in [-0.4, -0.2) is 18.5 Å². The van der Waals surface area contributed by atoms with Crippen LogP contribution in [0.1, 0.15) is 37.6 Å². The highest BCUT2D eigenvalue weighted by atomic mass is 16.1. The van der Waals surface area contributed by atoms with Gasteiger partial charge in [-0.25, -0.2) is 0 Å². The Hall–Kier alpha value is -1.87. The lowest BCUT2D eigenvalue weighted by Crippen LogP contribution is -2.39. The minimum absolute atomic E-state index is 0.0241. The molecule has 0 saturated heterocycles. The molecule has 0 bridgehead atoms. The van der Waals surface area contributed by atoms with Gasteiger partial charge in [0.1, 0.15) is 0 Å². The van der Waals surface area contributed by atoms with Gasteiger partial charge in [0.05, 0.1) is 0 Å². The summed E-state index contributed by atoms with van der Waals surface area (Å²) in [4.78, 5) is 12.4. The van der Waals surface area contributed by atoms with E-state index in [-0.39, 0.29) is 17.4 Å². The first-order valence-corrected chi connectivity index (χ1v) is 7.38. The number of hydrogen-bond acceptors (Lipinski definition) is 2. The summed E-state index contributed by atoms with van der Waals surface area (Å²) < 4.78 is 0. The molecule has 2 rings (SSSR count). The third kappa shape index (κ3) is 4.30. The van der Waals surface area contributed by atoms with E-state index in [9.17, 15) is 4.79 Å². The number of hydrogen-bond donors (Lipinski definition) is 2. The Morgan fingerprint density at radius 2 is 1.81 bits per heavy atom. The van der Waals surface area contributed by atoms with Crippen molar-refractivity contribution < 1.29 is 4.79 Å². The molecule has 2 aromatic rings. The molecule has 1 amide bonds. The van der Waals surface area contributed by atoms with Crippen LogP contribution in [0.4, 0.5) is 0 Å². The minimum Gasteiger partial charge on any atom is -0.350 e. The minimum atomic E-state index is -0.0591. The van der Waals surface area contributed by atoms with E-state index in [4.69, 9.17) is 5.73 Å². The molecular formula is C18H24N2O. The maximum absolute atomic E-state index is 12.4. The monoisotopic (exact) mass is 284 g/mol. The molecule has 0 radical (unpaired) electrons. The van der Waals surface area contributed by atoms with Gasteiger partial charge in [-0.1, -0.05) is 57.2 Å². The summed E-state index contributed by atoms with van der Waals surface area (Å²) in [6.07, 6.45) is 0.878. The van der Waals surface area contributed by atoms with Gasteiger partial charge in [-0.15, -0.1) is 0 Å². The summed E-state index contributed by atoms with van der Waals surface area (Å²) in [6, 6.07) is 13.7. The standard InChI is InChI=1S/C18H24N2O/c1-18(2,3)11-14(19)12-20-17(21)16-10-6-8-13-7-4-5-9-15(13)16/h4-10,14H,11-12,19H2,1-3H3,(H,20,21). The van der Waals surface area contributed by atoms with Crippen LogP contribution in [0, 0.1) is 5.41 Å². The van der Waals surface area contributed by atoms with Gasteiger partial charge in [0.2, 0.25) is 0 Å². The third-order valence-electron chi connectivity index (χ3n) is 3.43. The van der Waals surface area contributed by atoms with Crippen LogP contribution in [0.5, 0.6) is 0 Å². The SMILES string of the molecule is CC(C)(C)CC(N)CNC(=O)c1cccc2ccccc12. The van der Waals surface area contributed by atoms with Crippen LogP contribution in [0.2, 0.25) is 0 Å². The zero-order valence-corrected chi connectivity index (χ0v) is 13.0. The van der Waals surface area contributed by atoms with Gasteiger partial charge in [-0.05, 0) is 28.7 Å². The molecule has 0 fully saturated rings. The lowest BCUT2D eigenvalue weighted by Gasteiger charge is -2.23. The lowest BCUT2D eigenvalue weighted by atomic mass is 9.88. The Balaban J connectivity index is 2.06. The molecule has 0 spiro atoms. The molecule has 1 unspecified atom stereocenters. The fourth-order valence-electron chi connectivity index (χ4n) is 2.60. The van der Waals surface area contributed by atoms with Crippen LogP contribution in [0.25, 0.3) is 10.8 Å². The summed E-state index contributed by atoms with van der Waals surface area (Å²) in [6.45, 7) is 6.96. The van der Waals surface area contributed by atoms with Gasteiger partial charge >= 0.3 is 0 Å². The van der Waals surface area contributed by atoms with Gasteiger partial charge in [0.25, 0.3) is 5.91 Å². The molecule has 1 atom stereocenters. The number of carbonyl (C=O) groups excluding carboxylic acids is 1. The molecule has 3 nitrogen and oxygen atoms in total. The van der Waals surface area contributed by atoms with Crippen molar-refractivity contribution in [3.8, 4) is 0 Å². The van der Waals surface area contributed by atoms with Crippen molar-refractivity contribution in [1.82, 2.24) is 5.32 Å². The molecule has 3 N–H and O–H groups in total. The summed E-state index contributed by atoms with van der Waals surface area (Å²) in [7, 11) is 0. The van der Waals surface area contributed by atoms with Crippen molar-refractivity contribution in [3.05, 3.63) is 48.0 Å². The van der Waals surface area contributed by atoms with Crippen molar-refractivity contribution in [3.63, 3.8) is 0 Å². The van der Waals surface area contributed by atoms with E-state index in [1.54, 1.807) is 0 Å². The van der Waals surface area contributed by atoms with Gasteiger partial charge in [0, 0.05) is 18.2 Å². The van der Waals surface area contributed by atoms with Crippen molar-refractivity contribution in [2.24, 2.45) is 11.1 Å². The molecule has 0 aliphatic carbocycles. The summed E-state index contributed by atoms with van der Waals surface area (Å²) in [5.41, 5.74) is 6.96. The van der Waals surface area contributed by atoms with E-state index >= 15 is 0 Å². The summed E-state index contributed by atoms with van der Waals surface area (Å²) in [5.74, 6) is -0.0591. The first-order valence-electron chi connectivity index (χ1n) is 7.38. The first kappa shape index (κ1) is 15.5. The fraction of sp³-hybridized carbons (Fsp3) is 0.389. The molecule has 112 valence electrons. The highest BCUT2D eigenvalue weighted by molar-refractivity contribution is 6.06. The third-order valence-corrected chi connectivity index (χ3v) is 3.43. The van der Waals surface area contributed by atoms with Gasteiger partial charge in [-0.2, -0.15) is 0 Å². The molecule has 0 heterocycles. The molecule has 0 aliphatic heterocycles. The van der Waals surface area contributed by atoms with E-state index in [1.807, 2.05) is 42.5 Å². The van der Waals surface area contributed by atoms with E-state index in [0.717, 1.165) is 17.2 Å². The second kappa shape index (κ2) is 6.27. The van der Waals surface area contributed by atoms with Crippen LogP contribution in [0.3, 0.4) is 0 Å². The average Bonchev–Trinajstić information content (AvgIpc) is 2.42. The molecule has 0 saturated carbocycles. The Kier molecular flexibility index (Phi) is 4.63. The molecule has 0 aromatic heterocycles. The number of rotatable bonds is 4. The predicted octanol–water partition coefficient (Wildman–Crippen LogP) is 3.33. The number of nitrogens with two attached hydrogens (primary N) is 1. The second-order valence-corrected chi connectivity index (χ2v) is 6.76. The molecular weight excluding hydrogens is 260 g/mol. The molecule has 21 heavy (non-hydrogen) atoms. The smallest absolute Gasteiger partial charge is 0.251 e. The van der Waals surface area contributed by atoms with Crippen LogP contribution < -0.4 is 11.1 Å². The Labute approximate surface area is 126 Å². The number of nitrogens with one attached hydrogen (secondary N) is 1. The van der Waals surface area contributed by atoms with Crippen LogP contribution in [-0.2, 0) is 0 Å². The average molecular weight is 284 g/mol. The number of fused-ring (bicyclic) bond motifs is 1. The topological polar surface area (TPSA) is 55.1 Å². The number of amides is 1. The largest absolute Gasteiger partial charge is 0.350 e. The maximum atomic E-state index is 12.4. The molecule has 0 aliphatic rings. The van der Waals surface area contributed by atoms with E-state index in [2.05, 4.69) is 26.1 Å². The van der Waals surface area contributed by atoms with Crippen LogP contribution in [0.15, 0.2) is 42.5 Å². The quantitative estimate of drug-likeness (QED) is 0.904. The summed E-state index contributed by atoms with van der Waals surface area (Å²) in [5, 5.41) is 5.00. The van der Waals surface area contributed by atoms with E-state index < -0.39 is 0 Å². The Morgan fingerprint density at radius 3 is 2.52 bits per heavy atom. The zero-order chi connectivity index (χ0) is 15.5. The second-order valence-electron chi connectivity index (χ2n) is 6.76. The predicted molar refractivity (Wildman–Crippen MR) is 88.3 cm³/mol. The van der Waals surface area contributed by atoms with Gasteiger partial charge in [0.15, 0.2) is 0 Å². The maximum Gasteiger partial charge on any atom is 0.251 e. The zero-order valence-electron chi connectivity index (χ0n) is 13.0. The van der Waals surface area contributed by atoms with E-state index in [1.165, 1.54) is 0 Å². The van der Waals surface area contributed by atoms with Crippen molar-refractivity contribution >= 4 is 16.7 Å². The number of carbonyl (C=O) groups is 1. The van der Waals surface area contributed by atoms with Gasteiger partial charge < -0.3 is 11.1 Å². The normalized spacial score (nSPS) is 13.1. The van der Waals surface area contributed by atoms with Crippen molar-refractivity contribution in [2.45, 2.75) is 33.2 Å². The first-order chi connectivity index (χ1) is 9.87. The lowest BCUT2D eigenvalue weighted by molar-refractivity contribution is 0.0950. The van der Waals surface area contributed by atoms with Crippen LogP contribution >= 0.6 is 0 Å². The highest BCUT2D eigenvalue weighted by Gasteiger charge is 2.17. The molecule has 2 aromatic carbocycles. The Morgan fingerprint density at radius 1 is 1.14 bits per heavy atom. The van der Waals surface area contributed by atoms with Gasteiger partial charge in [-0.3, -0.25) is 4.79 Å². The number of benzene rings is 2. The highest BCUT2D eigenvalue weighted by Crippen LogP contribution is 2.20.